The second kappa shape index (κ2) is 6.92. The van der Waals surface area contributed by atoms with Gasteiger partial charge in [0.1, 0.15) is 5.75 Å². The standard InChI is InChI=1S/C14H19NO/c1-4-5-6-9-16-14-8-7-12(2)10-13(14)11-15-3/h7-8,10,15H,6,9,11H2,1-3H3. The first kappa shape index (κ1) is 12.6. The van der Waals surface area contributed by atoms with Gasteiger partial charge in [-0.05, 0) is 27.0 Å². The summed E-state index contributed by atoms with van der Waals surface area (Å²) in [6.07, 6.45) is 0.781. The van der Waals surface area contributed by atoms with Crippen LogP contribution in [0, 0.1) is 18.8 Å². The summed E-state index contributed by atoms with van der Waals surface area (Å²) >= 11 is 0. The van der Waals surface area contributed by atoms with Crippen LogP contribution < -0.4 is 10.1 Å². The Morgan fingerprint density at radius 2 is 2.19 bits per heavy atom. The molecule has 2 nitrogen and oxygen atoms in total. The lowest BCUT2D eigenvalue weighted by Crippen LogP contribution is -2.08. The molecule has 0 atom stereocenters. The largest absolute Gasteiger partial charge is 0.492 e. The summed E-state index contributed by atoms with van der Waals surface area (Å²) in [6, 6.07) is 6.25. The first-order chi connectivity index (χ1) is 7.77. The van der Waals surface area contributed by atoms with Gasteiger partial charge < -0.3 is 10.1 Å². The van der Waals surface area contributed by atoms with Crippen molar-refractivity contribution in [2.75, 3.05) is 13.7 Å². The van der Waals surface area contributed by atoms with Crippen molar-refractivity contribution in [1.82, 2.24) is 5.32 Å². The van der Waals surface area contributed by atoms with Crippen LogP contribution in [0.15, 0.2) is 18.2 Å². The molecule has 0 radical (unpaired) electrons. The van der Waals surface area contributed by atoms with Gasteiger partial charge in [0, 0.05) is 18.5 Å². The Morgan fingerprint density at radius 1 is 1.38 bits per heavy atom. The number of hydrogen-bond acceptors (Lipinski definition) is 2. The Balaban J connectivity index is 2.65. The minimum Gasteiger partial charge on any atom is -0.492 e. The molecule has 1 aromatic carbocycles. The van der Waals surface area contributed by atoms with Gasteiger partial charge in [0.2, 0.25) is 0 Å². The van der Waals surface area contributed by atoms with E-state index in [4.69, 9.17) is 4.74 Å². The molecule has 0 bridgehead atoms. The molecule has 2 heteroatoms. The van der Waals surface area contributed by atoms with Gasteiger partial charge in [-0.2, -0.15) is 0 Å². The highest BCUT2D eigenvalue weighted by Crippen LogP contribution is 2.19. The van der Waals surface area contributed by atoms with Gasteiger partial charge >= 0.3 is 0 Å². The van der Waals surface area contributed by atoms with E-state index in [0.717, 1.165) is 18.7 Å². The minimum absolute atomic E-state index is 0.653. The van der Waals surface area contributed by atoms with E-state index in [1.165, 1.54) is 11.1 Å². The van der Waals surface area contributed by atoms with E-state index in [9.17, 15) is 0 Å². The lowest BCUT2D eigenvalue weighted by Gasteiger charge is -2.11. The minimum atomic E-state index is 0.653. The van der Waals surface area contributed by atoms with Crippen molar-refractivity contribution < 1.29 is 4.74 Å². The van der Waals surface area contributed by atoms with Crippen LogP contribution in [0.1, 0.15) is 24.5 Å². The van der Waals surface area contributed by atoms with Crippen LogP contribution in [0.4, 0.5) is 0 Å². The first-order valence-corrected chi connectivity index (χ1v) is 5.54. The normalized spacial score (nSPS) is 9.44. The van der Waals surface area contributed by atoms with Crippen LogP contribution in [-0.4, -0.2) is 13.7 Å². The molecule has 0 aromatic heterocycles. The molecule has 0 heterocycles. The zero-order valence-corrected chi connectivity index (χ0v) is 10.3. The molecular formula is C14H19NO. The molecular weight excluding hydrogens is 198 g/mol. The highest BCUT2D eigenvalue weighted by molar-refractivity contribution is 5.36. The van der Waals surface area contributed by atoms with E-state index in [2.05, 4.69) is 36.2 Å². The third-order valence-corrected chi connectivity index (χ3v) is 2.24. The van der Waals surface area contributed by atoms with Crippen molar-refractivity contribution in [3.63, 3.8) is 0 Å². The van der Waals surface area contributed by atoms with Crippen molar-refractivity contribution in [2.45, 2.75) is 26.8 Å². The molecule has 0 amide bonds. The Hall–Kier alpha value is -1.46. The number of ether oxygens (including phenoxy) is 1. The molecule has 16 heavy (non-hydrogen) atoms. The van der Waals surface area contributed by atoms with Crippen LogP contribution in [0.25, 0.3) is 0 Å². The van der Waals surface area contributed by atoms with Crippen LogP contribution in [0.2, 0.25) is 0 Å². The Morgan fingerprint density at radius 3 is 2.88 bits per heavy atom. The predicted octanol–water partition coefficient (Wildman–Crippen LogP) is 2.51. The third kappa shape index (κ3) is 3.96. The number of rotatable bonds is 5. The van der Waals surface area contributed by atoms with Crippen molar-refractivity contribution >= 4 is 0 Å². The second-order valence-corrected chi connectivity index (χ2v) is 3.67. The van der Waals surface area contributed by atoms with E-state index in [-0.39, 0.29) is 0 Å². The Kier molecular flexibility index (Phi) is 5.45. The maximum atomic E-state index is 5.70. The van der Waals surface area contributed by atoms with Crippen molar-refractivity contribution in [1.29, 1.82) is 0 Å². The number of hydrogen-bond donors (Lipinski definition) is 1. The highest BCUT2D eigenvalue weighted by Gasteiger charge is 2.02. The van der Waals surface area contributed by atoms with Gasteiger partial charge in [0.15, 0.2) is 0 Å². The molecule has 1 rings (SSSR count). The fraction of sp³-hybridized carbons (Fsp3) is 0.429. The van der Waals surface area contributed by atoms with Gasteiger partial charge in [-0.3, -0.25) is 0 Å². The van der Waals surface area contributed by atoms with Crippen LogP contribution in [-0.2, 0) is 6.54 Å². The molecule has 0 aliphatic rings. The lowest BCUT2D eigenvalue weighted by atomic mass is 10.1. The monoisotopic (exact) mass is 217 g/mol. The van der Waals surface area contributed by atoms with Crippen LogP contribution in [0.5, 0.6) is 5.75 Å². The van der Waals surface area contributed by atoms with Crippen molar-refractivity contribution in [3.05, 3.63) is 29.3 Å². The molecule has 0 aliphatic heterocycles. The Labute approximate surface area is 98.0 Å². The summed E-state index contributed by atoms with van der Waals surface area (Å²) in [4.78, 5) is 0. The van der Waals surface area contributed by atoms with E-state index >= 15 is 0 Å². The van der Waals surface area contributed by atoms with Crippen molar-refractivity contribution in [3.8, 4) is 17.6 Å². The average molecular weight is 217 g/mol. The maximum Gasteiger partial charge on any atom is 0.123 e. The first-order valence-electron chi connectivity index (χ1n) is 5.54. The number of benzene rings is 1. The summed E-state index contributed by atoms with van der Waals surface area (Å²) in [5.74, 6) is 6.81. The van der Waals surface area contributed by atoms with Gasteiger partial charge in [-0.25, -0.2) is 0 Å². The summed E-state index contributed by atoms with van der Waals surface area (Å²) in [5.41, 5.74) is 2.46. The fourth-order valence-corrected chi connectivity index (χ4v) is 1.51. The maximum absolute atomic E-state index is 5.70. The van der Waals surface area contributed by atoms with Gasteiger partial charge in [-0.1, -0.05) is 17.7 Å². The SMILES string of the molecule is CC#CCCOc1ccc(C)cc1CNC. The molecule has 1 aromatic rings. The summed E-state index contributed by atoms with van der Waals surface area (Å²) in [6.45, 7) is 5.42. The average Bonchev–Trinajstić information content (AvgIpc) is 2.27. The van der Waals surface area contributed by atoms with Crippen LogP contribution >= 0.6 is 0 Å². The van der Waals surface area contributed by atoms with Gasteiger partial charge in [0.05, 0.1) is 6.61 Å². The summed E-state index contributed by atoms with van der Waals surface area (Å²) < 4.78 is 5.70. The topological polar surface area (TPSA) is 21.3 Å². The quantitative estimate of drug-likeness (QED) is 0.604. The van der Waals surface area contributed by atoms with Crippen LogP contribution in [0.3, 0.4) is 0 Å². The van der Waals surface area contributed by atoms with E-state index in [1.807, 2.05) is 20.0 Å². The second-order valence-electron chi connectivity index (χ2n) is 3.67. The van der Waals surface area contributed by atoms with E-state index in [1.54, 1.807) is 0 Å². The molecule has 0 spiro atoms. The van der Waals surface area contributed by atoms with Gasteiger partial charge in [0.25, 0.3) is 0 Å². The Bertz CT molecular complexity index is 387. The number of aryl methyl sites for hydroxylation is 1. The molecule has 0 aliphatic carbocycles. The fourth-order valence-electron chi connectivity index (χ4n) is 1.51. The molecule has 0 saturated carbocycles. The number of nitrogens with one attached hydrogen (secondary N) is 1. The zero-order chi connectivity index (χ0) is 11.8. The molecule has 0 unspecified atom stereocenters. The van der Waals surface area contributed by atoms with Crippen molar-refractivity contribution in [2.24, 2.45) is 0 Å². The highest BCUT2D eigenvalue weighted by atomic mass is 16.5. The summed E-state index contributed by atoms with van der Waals surface area (Å²) in [7, 11) is 1.94. The molecule has 0 fully saturated rings. The predicted molar refractivity (Wildman–Crippen MR) is 67.5 cm³/mol. The zero-order valence-electron chi connectivity index (χ0n) is 10.3. The molecule has 1 N–H and O–H groups in total. The summed E-state index contributed by atoms with van der Waals surface area (Å²) in [5, 5.41) is 3.15. The smallest absolute Gasteiger partial charge is 0.123 e. The van der Waals surface area contributed by atoms with E-state index < -0.39 is 0 Å². The molecule has 0 saturated heterocycles. The lowest BCUT2D eigenvalue weighted by molar-refractivity contribution is 0.323. The third-order valence-electron chi connectivity index (χ3n) is 2.24. The van der Waals surface area contributed by atoms with Gasteiger partial charge in [-0.15, -0.1) is 11.8 Å². The molecule has 86 valence electrons. The van der Waals surface area contributed by atoms with E-state index in [0.29, 0.717) is 6.61 Å².